The Morgan fingerprint density at radius 2 is 2.08 bits per heavy atom. The first-order valence-corrected chi connectivity index (χ1v) is 12.7. The molecule has 1 aromatic heterocycles. The number of aliphatic carboxylic acids is 2. The van der Waals surface area contributed by atoms with Crippen LogP contribution in [0.5, 0.6) is 0 Å². The van der Waals surface area contributed by atoms with Gasteiger partial charge in [0.2, 0.25) is 6.61 Å². The van der Waals surface area contributed by atoms with Gasteiger partial charge in [-0.1, -0.05) is 35.5 Å². The lowest BCUT2D eigenvalue weighted by Crippen LogP contribution is -2.71. The van der Waals surface area contributed by atoms with Gasteiger partial charge in [0, 0.05) is 11.1 Å². The lowest BCUT2D eigenvalue weighted by molar-refractivity contribution is -0.150. The molecule has 2 aliphatic heterocycles. The van der Waals surface area contributed by atoms with Crippen LogP contribution in [0.25, 0.3) is 6.08 Å². The normalized spacial score (nSPS) is 19.0. The number of thioether (sulfide) groups is 1. The first-order valence-electron chi connectivity index (χ1n) is 10.7. The van der Waals surface area contributed by atoms with Crippen molar-refractivity contribution in [1.82, 2.24) is 15.2 Å². The van der Waals surface area contributed by atoms with Crippen molar-refractivity contribution in [3.05, 3.63) is 63.8 Å². The van der Waals surface area contributed by atoms with Crippen molar-refractivity contribution in [2.24, 2.45) is 5.16 Å². The second-order valence-electron chi connectivity index (χ2n) is 7.75. The zero-order valence-electron chi connectivity index (χ0n) is 19.2. The molecule has 0 bridgehead atoms. The number of fused-ring (bicyclic) bond motifs is 1. The molecule has 194 valence electrons. The van der Waals surface area contributed by atoms with Crippen LogP contribution in [0.4, 0.5) is 5.13 Å². The van der Waals surface area contributed by atoms with E-state index in [1.54, 1.807) is 36.4 Å². The summed E-state index contributed by atoms with van der Waals surface area (Å²) in [5.41, 5.74) is 6.40. The fourth-order valence-corrected chi connectivity index (χ4v) is 5.53. The average Bonchev–Trinajstić information content (AvgIpc) is 3.33. The van der Waals surface area contributed by atoms with E-state index in [0.29, 0.717) is 16.7 Å². The number of nitrogens with two attached hydrogens (primary N) is 1. The number of carbonyl (C=O) groups is 4. The summed E-state index contributed by atoms with van der Waals surface area (Å²) in [6.07, 6.45) is 3.17. The maximum atomic E-state index is 13.0. The Labute approximate surface area is 222 Å². The van der Waals surface area contributed by atoms with Gasteiger partial charge in [0.05, 0.1) is 11.6 Å². The van der Waals surface area contributed by atoms with E-state index in [0.717, 1.165) is 16.2 Å². The van der Waals surface area contributed by atoms with Crippen molar-refractivity contribution in [2.45, 2.75) is 11.4 Å². The largest absolute Gasteiger partial charge is 0.479 e. The summed E-state index contributed by atoms with van der Waals surface area (Å²) in [6.45, 7) is -0.813. The molecule has 1 fully saturated rings. The van der Waals surface area contributed by atoms with Crippen LogP contribution in [0.15, 0.2) is 52.1 Å². The molecule has 0 saturated carbocycles. The molecule has 15 heteroatoms. The van der Waals surface area contributed by atoms with Gasteiger partial charge in [-0.15, -0.1) is 23.1 Å². The molecule has 4 rings (SSSR count). The minimum atomic E-state index is -1.32. The standard InChI is InChI=1S/C23H18N6O7S2/c24-7-12-4-2-1-3-11(12)5-6-13-9-37-21-17(20(33)29(21)18(13)22(34)35)27-19(32)16(28-36-8-15(30)31)14-10-38-23(25)26-14/h1-6,10,17,21H,8-9H2,(H2,25,26)(H,27,32)(H,30,31)(H,34,35)/t17?,21-/m0/s1. The number of nitriles is 1. The van der Waals surface area contributed by atoms with Crippen LogP contribution in [-0.2, 0) is 24.0 Å². The van der Waals surface area contributed by atoms with Crippen molar-refractivity contribution < 1.29 is 34.2 Å². The van der Waals surface area contributed by atoms with Gasteiger partial charge in [-0.05, 0) is 17.2 Å². The second kappa shape index (κ2) is 11.2. The van der Waals surface area contributed by atoms with Crippen LogP contribution in [-0.4, -0.2) is 73.3 Å². The highest BCUT2D eigenvalue weighted by Crippen LogP contribution is 2.41. The molecule has 3 heterocycles. The summed E-state index contributed by atoms with van der Waals surface area (Å²) in [7, 11) is 0. The van der Waals surface area contributed by atoms with E-state index in [2.05, 4.69) is 26.4 Å². The van der Waals surface area contributed by atoms with Gasteiger partial charge in [0.15, 0.2) is 10.8 Å². The van der Waals surface area contributed by atoms with Crippen molar-refractivity contribution in [3.8, 4) is 6.07 Å². The van der Waals surface area contributed by atoms with E-state index in [-0.39, 0.29) is 28.0 Å². The number of benzene rings is 1. The molecule has 38 heavy (non-hydrogen) atoms. The highest BCUT2D eigenvalue weighted by molar-refractivity contribution is 8.00. The van der Waals surface area contributed by atoms with Gasteiger partial charge in [-0.2, -0.15) is 5.26 Å². The maximum Gasteiger partial charge on any atom is 0.352 e. The van der Waals surface area contributed by atoms with E-state index in [9.17, 15) is 29.5 Å². The second-order valence-corrected chi connectivity index (χ2v) is 9.75. The fraction of sp³-hybridized carbons (Fsp3) is 0.174. The number of rotatable bonds is 9. The molecule has 13 nitrogen and oxygen atoms in total. The number of amides is 2. The van der Waals surface area contributed by atoms with E-state index >= 15 is 0 Å². The third-order valence-corrected chi connectivity index (χ3v) is 7.33. The molecule has 2 aliphatic rings. The molecule has 2 amide bonds. The Kier molecular flexibility index (Phi) is 7.74. The van der Waals surface area contributed by atoms with Crippen molar-refractivity contribution in [1.29, 1.82) is 5.26 Å². The van der Waals surface area contributed by atoms with E-state index < -0.39 is 41.8 Å². The number of nitrogen functional groups attached to an aromatic ring is 1. The van der Waals surface area contributed by atoms with Crippen molar-refractivity contribution in [2.75, 3.05) is 18.1 Å². The highest BCUT2D eigenvalue weighted by Gasteiger charge is 2.54. The Morgan fingerprint density at radius 3 is 2.74 bits per heavy atom. The summed E-state index contributed by atoms with van der Waals surface area (Å²) in [4.78, 5) is 58.5. The van der Waals surface area contributed by atoms with Gasteiger partial charge in [-0.3, -0.25) is 14.5 Å². The molecule has 1 saturated heterocycles. The molecule has 5 N–H and O–H groups in total. The number of aromatic nitrogens is 1. The number of allylic oxidation sites excluding steroid dienone is 1. The molecule has 2 atom stereocenters. The molecule has 1 aromatic carbocycles. The lowest BCUT2D eigenvalue weighted by atomic mass is 10.0. The monoisotopic (exact) mass is 554 g/mol. The number of hydrogen-bond acceptors (Lipinski definition) is 11. The van der Waals surface area contributed by atoms with Gasteiger partial charge < -0.3 is 26.1 Å². The van der Waals surface area contributed by atoms with E-state index in [1.807, 2.05) is 0 Å². The molecule has 2 aromatic rings. The van der Waals surface area contributed by atoms with Crippen molar-refractivity contribution >= 4 is 63.8 Å². The highest BCUT2D eigenvalue weighted by atomic mass is 32.2. The van der Waals surface area contributed by atoms with Crippen LogP contribution in [0.1, 0.15) is 16.8 Å². The smallest absolute Gasteiger partial charge is 0.352 e. The number of hydrogen-bond donors (Lipinski definition) is 4. The average molecular weight is 555 g/mol. The molecule has 0 radical (unpaired) electrons. The first kappa shape index (κ1) is 26.4. The van der Waals surface area contributed by atoms with Crippen LogP contribution in [0.2, 0.25) is 0 Å². The molecular weight excluding hydrogens is 536 g/mol. The lowest BCUT2D eigenvalue weighted by Gasteiger charge is -2.49. The SMILES string of the molecule is N#Cc1ccccc1C=CC1=C(C(=O)O)N2C(=O)C(NC(=O)C(=NOCC(=O)O)c3csc(N)n3)[C@@H]2SC1. The number of nitrogens with zero attached hydrogens (tertiary/aromatic N) is 4. The van der Waals surface area contributed by atoms with Gasteiger partial charge in [0.1, 0.15) is 22.8 Å². The number of anilines is 1. The van der Waals surface area contributed by atoms with Crippen LogP contribution in [0.3, 0.4) is 0 Å². The predicted molar refractivity (Wildman–Crippen MR) is 137 cm³/mol. The Morgan fingerprint density at radius 1 is 1.32 bits per heavy atom. The number of carboxylic acids is 2. The van der Waals surface area contributed by atoms with Gasteiger partial charge >= 0.3 is 11.9 Å². The minimum Gasteiger partial charge on any atom is -0.479 e. The quantitative estimate of drug-likeness (QED) is 0.194. The summed E-state index contributed by atoms with van der Waals surface area (Å²) < 4.78 is 0. The summed E-state index contributed by atoms with van der Waals surface area (Å²) >= 11 is 2.26. The Bertz CT molecular complexity index is 1460. The minimum absolute atomic E-state index is 0.0199. The topological polar surface area (TPSA) is 208 Å². The molecular formula is C23H18N6O7S2. The third kappa shape index (κ3) is 5.36. The molecule has 1 unspecified atom stereocenters. The van der Waals surface area contributed by atoms with Gasteiger partial charge in [-0.25, -0.2) is 14.6 Å². The summed E-state index contributed by atoms with van der Waals surface area (Å²) in [6, 6.07) is 7.79. The number of oxime groups is 1. The predicted octanol–water partition coefficient (Wildman–Crippen LogP) is 0.854. The number of carbonyl (C=O) groups excluding carboxylic acids is 2. The van der Waals surface area contributed by atoms with Crippen LogP contribution in [0, 0.1) is 11.3 Å². The molecule has 0 aliphatic carbocycles. The Balaban J connectivity index is 1.54. The summed E-state index contributed by atoms with van der Waals surface area (Å²) in [5, 5.41) is 34.8. The van der Waals surface area contributed by atoms with Crippen LogP contribution >= 0.6 is 23.1 Å². The summed E-state index contributed by atoms with van der Waals surface area (Å²) in [5.74, 6) is -3.94. The third-order valence-electron chi connectivity index (χ3n) is 5.36. The zero-order valence-corrected chi connectivity index (χ0v) is 20.9. The van der Waals surface area contributed by atoms with E-state index in [4.69, 9.17) is 10.8 Å². The number of carboxylic acid groups (broad SMARTS) is 2. The first-order chi connectivity index (χ1) is 18.2. The van der Waals surface area contributed by atoms with Crippen LogP contribution < -0.4 is 11.1 Å². The maximum absolute atomic E-state index is 13.0. The van der Waals surface area contributed by atoms with E-state index in [1.165, 1.54) is 17.1 Å². The van der Waals surface area contributed by atoms with Gasteiger partial charge in [0.25, 0.3) is 11.8 Å². The van der Waals surface area contributed by atoms with Crippen molar-refractivity contribution in [3.63, 3.8) is 0 Å². The number of thiazole rings is 1. The number of nitrogens with one attached hydrogen (secondary N) is 1. The molecule has 0 spiro atoms. The fourth-order valence-electron chi connectivity index (χ4n) is 3.67. The number of β-lactam (4-membered cyclic amide) rings is 1. The zero-order chi connectivity index (χ0) is 27.4. The Hall–Kier alpha value is -4.68.